The Morgan fingerprint density at radius 1 is 1.21 bits per heavy atom. The summed E-state index contributed by atoms with van der Waals surface area (Å²) >= 11 is 6.31. The highest BCUT2D eigenvalue weighted by Crippen LogP contribution is 2.37. The molecule has 2 aromatic heterocycles. The summed E-state index contributed by atoms with van der Waals surface area (Å²) in [5.41, 5.74) is 8.23. The van der Waals surface area contributed by atoms with Crippen LogP contribution in [-0.4, -0.2) is 46.1 Å². The molecule has 2 aliphatic rings. The number of fused-ring (bicyclic) bond motifs is 1. The zero-order chi connectivity index (χ0) is 33.2. The zero-order valence-electron chi connectivity index (χ0n) is 26.8. The number of nitrogens with zero attached hydrogens (tertiary/aromatic N) is 2. The van der Waals surface area contributed by atoms with Crippen LogP contribution in [0.4, 0.5) is 8.78 Å². The summed E-state index contributed by atoms with van der Waals surface area (Å²) in [5.74, 6) is 0.331. The van der Waals surface area contributed by atoms with Gasteiger partial charge in [0.15, 0.2) is 5.82 Å². The maximum Gasteiger partial charge on any atom is 0.354 e. The average molecular weight is 666 g/mol. The third kappa shape index (κ3) is 7.52. The maximum atomic E-state index is 15.9. The summed E-state index contributed by atoms with van der Waals surface area (Å²) in [5, 5.41) is 14.7. The highest BCUT2D eigenvalue weighted by Gasteiger charge is 2.29. The Bertz CT molecular complexity index is 1840. The van der Waals surface area contributed by atoms with Gasteiger partial charge in [-0.2, -0.15) is 4.98 Å². The van der Waals surface area contributed by atoms with Crippen LogP contribution in [0.15, 0.2) is 41.3 Å². The molecule has 6 rings (SSSR count). The minimum atomic E-state index is -0.621. The molecule has 1 aliphatic heterocycles. The molecule has 1 unspecified atom stereocenters. The number of hydrogen-bond acceptors (Lipinski definition) is 6. The Morgan fingerprint density at radius 2 is 2.02 bits per heavy atom. The number of piperidine rings is 1. The van der Waals surface area contributed by atoms with Crippen molar-refractivity contribution in [3.63, 3.8) is 0 Å². The molecule has 2 aromatic carbocycles. The topological polar surface area (TPSA) is 134 Å². The van der Waals surface area contributed by atoms with Crippen LogP contribution in [0.1, 0.15) is 75.5 Å². The molecular weight excluding hydrogens is 624 g/mol. The van der Waals surface area contributed by atoms with Crippen molar-refractivity contribution in [2.45, 2.75) is 82.8 Å². The highest BCUT2D eigenvalue weighted by molar-refractivity contribution is 6.31. The number of aryl methyl sites for hydroxylation is 1. The molecule has 250 valence electrons. The number of benzene rings is 2. The molecule has 0 radical (unpaired) electrons. The third-order valence-corrected chi connectivity index (χ3v) is 9.68. The number of rotatable bonds is 12. The molecule has 9 nitrogen and oxygen atoms in total. The van der Waals surface area contributed by atoms with Crippen molar-refractivity contribution in [2.75, 3.05) is 13.7 Å². The van der Waals surface area contributed by atoms with Gasteiger partial charge in [-0.05, 0) is 94.0 Å². The molecule has 0 spiro atoms. The van der Waals surface area contributed by atoms with E-state index >= 15 is 8.78 Å². The number of aromatic amines is 1. The second-order valence-corrected chi connectivity index (χ2v) is 13.4. The summed E-state index contributed by atoms with van der Waals surface area (Å²) in [6, 6.07) is 8.22. The summed E-state index contributed by atoms with van der Waals surface area (Å²) in [7, 11) is 1.48. The number of amidine groups is 1. The van der Waals surface area contributed by atoms with E-state index in [4.69, 9.17) is 27.5 Å². The molecule has 4 aromatic rings. The normalized spacial score (nSPS) is 18.8. The van der Waals surface area contributed by atoms with Gasteiger partial charge in [0.05, 0.1) is 29.3 Å². The maximum absolute atomic E-state index is 15.9. The van der Waals surface area contributed by atoms with E-state index in [1.165, 1.54) is 30.6 Å². The van der Waals surface area contributed by atoms with Crippen molar-refractivity contribution >= 4 is 28.5 Å². The lowest BCUT2D eigenvalue weighted by molar-refractivity contribution is 0.297. The summed E-state index contributed by atoms with van der Waals surface area (Å²) in [4.78, 5) is 20.5. The smallest absolute Gasteiger partial charge is 0.354 e. The molecular formula is C35H42ClF2N7O2. The van der Waals surface area contributed by atoms with E-state index in [0.29, 0.717) is 40.7 Å². The van der Waals surface area contributed by atoms with Gasteiger partial charge in [0.2, 0.25) is 0 Å². The van der Waals surface area contributed by atoms with Gasteiger partial charge >= 0.3 is 5.69 Å². The van der Waals surface area contributed by atoms with E-state index in [9.17, 15) is 4.79 Å². The molecule has 12 heteroatoms. The van der Waals surface area contributed by atoms with Crippen LogP contribution in [-0.2, 0) is 6.42 Å². The van der Waals surface area contributed by atoms with E-state index in [1.54, 1.807) is 37.4 Å². The summed E-state index contributed by atoms with van der Waals surface area (Å²) < 4.78 is 38.1. The van der Waals surface area contributed by atoms with Crippen molar-refractivity contribution in [1.82, 2.24) is 25.2 Å². The van der Waals surface area contributed by atoms with E-state index in [2.05, 4.69) is 20.6 Å². The molecule has 47 heavy (non-hydrogen) atoms. The van der Waals surface area contributed by atoms with Crippen LogP contribution < -0.4 is 26.8 Å². The molecule has 1 saturated carbocycles. The lowest BCUT2D eigenvalue weighted by atomic mass is 9.91. The Hall–Kier alpha value is -3.80. The number of methoxy groups -OCH3 is 1. The zero-order valence-corrected chi connectivity index (χ0v) is 27.5. The van der Waals surface area contributed by atoms with Crippen molar-refractivity contribution in [3.8, 4) is 22.7 Å². The van der Waals surface area contributed by atoms with Crippen molar-refractivity contribution < 1.29 is 13.5 Å². The van der Waals surface area contributed by atoms with Gasteiger partial charge in [-0.15, -0.1) is 0 Å². The van der Waals surface area contributed by atoms with E-state index < -0.39 is 17.3 Å². The van der Waals surface area contributed by atoms with E-state index in [0.717, 1.165) is 50.5 Å². The molecule has 0 bridgehead atoms. The van der Waals surface area contributed by atoms with Gasteiger partial charge in [-0.3, -0.25) is 9.98 Å². The fraction of sp³-hybridized carbons (Fsp3) is 0.457. The Kier molecular flexibility index (Phi) is 9.96. The number of H-pyrrole nitrogens is 1. The quantitative estimate of drug-likeness (QED) is 0.0862. The first-order valence-electron chi connectivity index (χ1n) is 16.4. The van der Waals surface area contributed by atoms with Gasteiger partial charge in [-0.1, -0.05) is 18.0 Å². The number of aromatic nitrogens is 3. The van der Waals surface area contributed by atoms with Crippen molar-refractivity contribution in [2.24, 2.45) is 11.7 Å². The van der Waals surface area contributed by atoms with Gasteiger partial charge in [0.1, 0.15) is 17.2 Å². The second-order valence-electron chi connectivity index (χ2n) is 12.9. The number of ether oxygens (including phenoxy) is 1. The van der Waals surface area contributed by atoms with Gasteiger partial charge in [-0.25, -0.2) is 13.6 Å². The number of nitrogens with two attached hydrogens (primary N) is 1. The molecule has 0 amide bonds. The fourth-order valence-electron chi connectivity index (χ4n) is 6.75. The highest BCUT2D eigenvalue weighted by atomic mass is 35.5. The molecule has 2 fully saturated rings. The Balaban J connectivity index is 1.25. The minimum absolute atomic E-state index is 0.0229. The van der Waals surface area contributed by atoms with Gasteiger partial charge in [0, 0.05) is 53.4 Å². The first-order chi connectivity index (χ1) is 22.6. The van der Waals surface area contributed by atoms with Crippen LogP contribution >= 0.6 is 11.6 Å². The van der Waals surface area contributed by atoms with Gasteiger partial charge in [0.25, 0.3) is 0 Å². The predicted molar refractivity (Wildman–Crippen MR) is 182 cm³/mol. The summed E-state index contributed by atoms with van der Waals surface area (Å²) in [6.45, 7) is 2.37. The Labute approximate surface area is 277 Å². The fourth-order valence-corrected chi connectivity index (χ4v) is 6.99. The molecule has 6 N–H and O–H groups in total. The number of nitrogens with one attached hydrogen (secondary N) is 4. The van der Waals surface area contributed by atoms with Crippen LogP contribution in [0.5, 0.6) is 5.75 Å². The standard InChI is InChI=1S/C35H42ClF2N7O2/c1-19(39)41-12-11-23-6-4-8-29(42-23)32-27(37)16-24(17-31(32)47-2)45-18-22-15-30(43-34(22)44-35(45)46)25-13-20(14-26(36)33(25)38)5-3-7-28(40)21-9-10-21/h13-18,21,23,28-29,42H,3-12,40H2,1-2H3,(H2,39,41)(H,43,44,46)/t23-,28?,29-/m0/s1. The van der Waals surface area contributed by atoms with E-state index in [-0.39, 0.29) is 40.0 Å². The Morgan fingerprint density at radius 3 is 2.77 bits per heavy atom. The number of hydrogen-bond donors (Lipinski definition) is 5. The largest absolute Gasteiger partial charge is 0.496 e. The van der Waals surface area contributed by atoms with Crippen LogP contribution in [0.25, 0.3) is 28.0 Å². The van der Waals surface area contributed by atoms with Crippen LogP contribution in [0.2, 0.25) is 5.02 Å². The first kappa shape index (κ1) is 33.1. The monoisotopic (exact) mass is 665 g/mol. The average Bonchev–Trinajstić information content (AvgIpc) is 3.81. The third-order valence-electron chi connectivity index (χ3n) is 9.40. The molecule has 1 saturated heterocycles. The molecule has 3 atom stereocenters. The minimum Gasteiger partial charge on any atom is -0.496 e. The number of halogens is 3. The summed E-state index contributed by atoms with van der Waals surface area (Å²) in [6.07, 6.45) is 9.92. The van der Waals surface area contributed by atoms with Crippen LogP contribution in [0.3, 0.4) is 0 Å². The predicted octanol–water partition coefficient (Wildman–Crippen LogP) is 6.54. The van der Waals surface area contributed by atoms with E-state index in [1.807, 2.05) is 0 Å². The lowest BCUT2D eigenvalue weighted by Gasteiger charge is -2.32. The van der Waals surface area contributed by atoms with Crippen molar-refractivity contribution in [3.05, 3.63) is 74.8 Å². The molecule has 1 aliphatic carbocycles. The van der Waals surface area contributed by atoms with Crippen LogP contribution in [0, 0.1) is 23.0 Å². The van der Waals surface area contributed by atoms with Crippen molar-refractivity contribution in [1.29, 1.82) is 5.41 Å². The molecule has 3 heterocycles. The van der Waals surface area contributed by atoms with Gasteiger partial charge < -0.3 is 26.1 Å². The second kappa shape index (κ2) is 14.1. The first-order valence-corrected chi connectivity index (χ1v) is 16.8. The lowest BCUT2D eigenvalue weighted by Crippen LogP contribution is -2.39. The SMILES string of the molecule is COc1cc(-n2cc3cc(-c4cc(CCCC(N)C5CC5)cc(Cl)c4F)[nH]c3nc2=O)cc(F)c1[C@@H]1CCC[C@@H](CCNC(C)=N)N1.